The number of halogens is 1. The number of para-hydroxylation sites is 1. The number of benzene rings is 1. The zero-order valence-electron chi connectivity index (χ0n) is 11.0. The molecule has 0 radical (unpaired) electrons. The molecule has 5 heteroatoms. The van der Waals surface area contributed by atoms with E-state index in [-0.39, 0.29) is 0 Å². The molecule has 4 rings (SSSR count). The van der Waals surface area contributed by atoms with Gasteiger partial charge in [0.25, 0.3) is 0 Å². The van der Waals surface area contributed by atoms with Crippen molar-refractivity contribution in [1.82, 2.24) is 14.4 Å². The molecule has 21 heavy (non-hydrogen) atoms. The topological polar surface area (TPSA) is 56.2 Å². The van der Waals surface area contributed by atoms with Gasteiger partial charge in [-0.3, -0.25) is 9.38 Å². The zero-order valence-corrected chi connectivity index (χ0v) is 11.7. The average molecular weight is 295 g/mol. The van der Waals surface area contributed by atoms with Gasteiger partial charge in [-0.25, -0.2) is 4.98 Å². The fourth-order valence-corrected chi connectivity index (χ4v) is 2.76. The van der Waals surface area contributed by atoms with Crippen LogP contribution < -0.4 is 5.73 Å². The summed E-state index contributed by atoms with van der Waals surface area (Å²) in [6.07, 6.45) is 3.62. The minimum Gasteiger partial charge on any atom is -0.383 e. The van der Waals surface area contributed by atoms with E-state index in [1.54, 1.807) is 16.7 Å². The highest BCUT2D eigenvalue weighted by atomic mass is 35.5. The van der Waals surface area contributed by atoms with Crippen molar-refractivity contribution >= 4 is 34.0 Å². The summed E-state index contributed by atoms with van der Waals surface area (Å²) in [4.78, 5) is 8.98. The van der Waals surface area contributed by atoms with Crippen molar-refractivity contribution in [2.24, 2.45) is 0 Å². The van der Waals surface area contributed by atoms with Crippen LogP contribution in [0.25, 0.3) is 27.8 Å². The van der Waals surface area contributed by atoms with Crippen LogP contribution in [0.15, 0.2) is 54.9 Å². The maximum atomic E-state index is 6.25. The van der Waals surface area contributed by atoms with Gasteiger partial charge in [0.1, 0.15) is 11.5 Å². The van der Waals surface area contributed by atoms with Crippen molar-refractivity contribution in [3.8, 4) is 11.3 Å². The number of imidazole rings is 1. The first-order chi connectivity index (χ1) is 10.3. The lowest BCUT2D eigenvalue weighted by Crippen LogP contribution is -1.94. The van der Waals surface area contributed by atoms with E-state index in [1.165, 1.54) is 0 Å². The van der Waals surface area contributed by atoms with Gasteiger partial charge >= 0.3 is 0 Å². The molecule has 0 fully saturated rings. The van der Waals surface area contributed by atoms with Gasteiger partial charge in [-0.1, -0.05) is 29.8 Å². The molecular weight excluding hydrogens is 284 g/mol. The average Bonchev–Trinajstić information content (AvgIpc) is 2.85. The van der Waals surface area contributed by atoms with Crippen molar-refractivity contribution in [3.05, 3.63) is 59.9 Å². The standard InChI is InChI=1S/C16H11ClN4/c17-12-5-3-9-21-15(18)14(20-16(12)21)11-7-8-19-13-6-2-1-4-10(11)13/h1-9H,18H2. The number of hydrogen-bond acceptors (Lipinski definition) is 3. The van der Waals surface area contributed by atoms with E-state index >= 15 is 0 Å². The Balaban J connectivity index is 2.10. The van der Waals surface area contributed by atoms with Gasteiger partial charge in [-0.15, -0.1) is 0 Å². The van der Waals surface area contributed by atoms with Crippen molar-refractivity contribution in [2.75, 3.05) is 5.73 Å². The lowest BCUT2D eigenvalue weighted by Gasteiger charge is -2.04. The summed E-state index contributed by atoms with van der Waals surface area (Å²) >= 11 is 6.20. The summed E-state index contributed by atoms with van der Waals surface area (Å²) in [5.74, 6) is 0.573. The molecule has 0 atom stereocenters. The Labute approximate surface area is 125 Å². The van der Waals surface area contributed by atoms with Crippen LogP contribution in [0.5, 0.6) is 0 Å². The summed E-state index contributed by atoms with van der Waals surface area (Å²) in [6, 6.07) is 13.5. The second kappa shape index (κ2) is 4.46. The van der Waals surface area contributed by atoms with Crippen LogP contribution in [0.3, 0.4) is 0 Å². The SMILES string of the molecule is Nc1c(-c2ccnc3ccccc23)nc2c(Cl)cccn12. The molecule has 4 aromatic rings. The van der Waals surface area contributed by atoms with E-state index in [4.69, 9.17) is 17.3 Å². The molecule has 102 valence electrons. The first-order valence-corrected chi connectivity index (χ1v) is 6.89. The molecule has 2 N–H and O–H groups in total. The lowest BCUT2D eigenvalue weighted by molar-refractivity contribution is 1.20. The monoisotopic (exact) mass is 294 g/mol. The van der Waals surface area contributed by atoms with E-state index in [2.05, 4.69) is 9.97 Å². The second-order valence-electron chi connectivity index (χ2n) is 4.77. The number of nitrogen functional groups attached to an aromatic ring is 1. The Bertz CT molecular complexity index is 969. The fraction of sp³-hybridized carbons (Fsp3) is 0. The molecule has 0 amide bonds. The number of pyridine rings is 2. The van der Waals surface area contributed by atoms with Crippen LogP contribution in [0.2, 0.25) is 5.02 Å². The van der Waals surface area contributed by atoms with Gasteiger partial charge in [-0.05, 0) is 24.3 Å². The van der Waals surface area contributed by atoms with Gasteiger partial charge in [-0.2, -0.15) is 0 Å². The quantitative estimate of drug-likeness (QED) is 0.581. The zero-order chi connectivity index (χ0) is 14.4. The highest BCUT2D eigenvalue weighted by Crippen LogP contribution is 2.32. The van der Waals surface area contributed by atoms with E-state index in [0.29, 0.717) is 16.5 Å². The Hall–Kier alpha value is -2.59. The molecular formula is C16H11ClN4. The highest BCUT2D eigenvalue weighted by molar-refractivity contribution is 6.33. The highest BCUT2D eigenvalue weighted by Gasteiger charge is 2.15. The molecule has 0 saturated carbocycles. The van der Waals surface area contributed by atoms with Gasteiger partial charge < -0.3 is 5.73 Å². The summed E-state index contributed by atoms with van der Waals surface area (Å²) < 4.78 is 1.80. The Morgan fingerprint density at radius 1 is 1.05 bits per heavy atom. The minimum atomic E-state index is 0.573. The van der Waals surface area contributed by atoms with E-state index in [9.17, 15) is 0 Å². The summed E-state index contributed by atoms with van der Waals surface area (Å²) in [7, 11) is 0. The summed E-state index contributed by atoms with van der Waals surface area (Å²) in [6.45, 7) is 0. The van der Waals surface area contributed by atoms with Gasteiger partial charge in [0.2, 0.25) is 0 Å². The molecule has 0 aliphatic carbocycles. The molecule has 4 nitrogen and oxygen atoms in total. The van der Waals surface area contributed by atoms with Gasteiger partial charge in [0.15, 0.2) is 5.65 Å². The first-order valence-electron chi connectivity index (χ1n) is 6.52. The molecule has 0 unspecified atom stereocenters. The minimum absolute atomic E-state index is 0.573. The third-order valence-electron chi connectivity index (χ3n) is 3.54. The van der Waals surface area contributed by atoms with Gasteiger partial charge in [0.05, 0.1) is 10.5 Å². The molecule has 0 spiro atoms. The smallest absolute Gasteiger partial charge is 0.157 e. The molecule has 3 heterocycles. The largest absolute Gasteiger partial charge is 0.383 e. The van der Waals surface area contributed by atoms with Gasteiger partial charge in [0, 0.05) is 23.3 Å². The normalized spacial score (nSPS) is 11.3. The van der Waals surface area contributed by atoms with Crippen LogP contribution in [-0.2, 0) is 0 Å². The number of anilines is 1. The third-order valence-corrected chi connectivity index (χ3v) is 3.84. The number of aromatic nitrogens is 3. The lowest BCUT2D eigenvalue weighted by atomic mass is 10.1. The van der Waals surface area contributed by atoms with Crippen molar-refractivity contribution in [2.45, 2.75) is 0 Å². The maximum Gasteiger partial charge on any atom is 0.157 e. The number of fused-ring (bicyclic) bond motifs is 2. The van der Waals surface area contributed by atoms with E-state index < -0.39 is 0 Å². The fourth-order valence-electron chi connectivity index (χ4n) is 2.55. The predicted octanol–water partition coefficient (Wildman–Crippen LogP) is 3.79. The maximum absolute atomic E-state index is 6.25. The summed E-state index contributed by atoms with van der Waals surface area (Å²) in [5, 5.41) is 1.60. The van der Waals surface area contributed by atoms with Crippen molar-refractivity contribution in [3.63, 3.8) is 0 Å². The number of nitrogens with two attached hydrogens (primary N) is 1. The molecule has 0 aliphatic heterocycles. The second-order valence-corrected chi connectivity index (χ2v) is 5.18. The van der Waals surface area contributed by atoms with Crippen LogP contribution in [-0.4, -0.2) is 14.4 Å². The van der Waals surface area contributed by atoms with Crippen molar-refractivity contribution < 1.29 is 0 Å². The Kier molecular flexibility index (Phi) is 2.59. The third kappa shape index (κ3) is 1.76. The van der Waals surface area contributed by atoms with Crippen LogP contribution in [0, 0.1) is 0 Å². The predicted molar refractivity (Wildman–Crippen MR) is 85.4 cm³/mol. The molecule has 3 aromatic heterocycles. The summed E-state index contributed by atoms with van der Waals surface area (Å²) in [5.41, 5.74) is 9.51. The molecule has 0 bridgehead atoms. The Morgan fingerprint density at radius 2 is 1.90 bits per heavy atom. The van der Waals surface area contributed by atoms with E-state index in [1.807, 2.05) is 42.6 Å². The van der Waals surface area contributed by atoms with E-state index in [0.717, 1.165) is 22.2 Å². The van der Waals surface area contributed by atoms with Crippen LogP contribution in [0.4, 0.5) is 5.82 Å². The Morgan fingerprint density at radius 3 is 2.76 bits per heavy atom. The number of rotatable bonds is 1. The molecule has 0 saturated heterocycles. The number of hydrogen-bond donors (Lipinski definition) is 1. The van der Waals surface area contributed by atoms with Crippen LogP contribution in [0.1, 0.15) is 0 Å². The number of nitrogens with zero attached hydrogens (tertiary/aromatic N) is 3. The molecule has 1 aromatic carbocycles. The van der Waals surface area contributed by atoms with Crippen LogP contribution >= 0.6 is 11.6 Å². The molecule has 0 aliphatic rings. The first kappa shape index (κ1) is 12.2. The van der Waals surface area contributed by atoms with Crippen molar-refractivity contribution in [1.29, 1.82) is 0 Å².